The minimum Gasteiger partial charge on any atom is -0.486 e. The first-order valence-electron chi connectivity index (χ1n) is 10.3. The summed E-state index contributed by atoms with van der Waals surface area (Å²) in [6.45, 7) is -0.0667. The first-order chi connectivity index (χ1) is 16.7. The van der Waals surface area contributed by atoms with Gasteiger partial charge in [-0.1, -0.05) is 6.07 Å². The molecule has 3 rings (SSSR count). The molecule has 0 fully saturated rings. The lowest BCUT2D eigenvalue weighted by atomic mass is 10.2. The van der Waals surface area contributed by atoms with Crippen LogP contribution in [0.4, 0.5) is 11.4 Å². The van der Waals surface area contributed by atoms with Crippen LogP contribution < -0.4 is 19.5 Å². The Labute approximate surface area is 205 Å². The van der Waals surface area contributed by atoms with E-state index in [0.29, 0.717) is 18.1 Å². The molecule has 0 radical (unpaired) electrons. The van der Waals surface area contributed by atoms with Gasteiger partial charge in [-0.15, -0.1) is 0 Å². The minimum atomic E-state index is -4.13. The van der Waals surface area contributed by atoms with Gasteiger partial charge in [0.2, 0.25) is 10.0 Å². The topological polar surface area (TPSA) is 163 Å². The number of fused-ring (bicyclic) bond motifs is 1. The van der Waals surface area contributed by atoms with Crippen molar-refractivity contribution in [1.82, 2.24) is 4.72 Å². The highest BCUT2D eigenvalue weighted by Gasteiger charge is 2.28. The summed E-state index contributed by atoms with van der Waals surface area (Å²) in [5.74, 6) is -0.529. The maximum Gasteiger partial charge on any atom is 0.324 e. The molecule has 1 aliphatic rings. The van der Waals surface area contributed by atoms with Crippen LogP contribution in [0.1, 0.15) is 6.42 Å². The molecule has 0 aromatic heterocycles. The van der Waals surface area contributed by atoms with Crippen LogP contribution in [0.15, 0.2) is 47.4 Å². The molecule has 35 heavy (non-hydrogen) atoms. The maximum absolute atomic E-state index is 12.9. The molecule has 0 unspecified atom stereocenters. The van der Waals surface area contributed by atoms with Gasteiger partial charge in [0.15, 0.2) is 18.1 Å². The van der Waals surface area contributed by atoms with Gasteiger partial charge in [0, 0.05) is 23.9 Å². The fourth-order valence-corrected chi connectivity index (χ4v) is 4.74. The largest absolute Gasteiger partial charge is 0.486 e. The number of carbonyl (C=O) groups is 2. The van der Waals surface area contributed by atoms with Gasteiger partial charge in [-0.25, -0.2) is 8.42 Å². The molecule has 1 aliphatic heterocycles. The van der Waals surface area contributed by atoms with E-state index in [1.54, 1.807) is 6.26 Å². The third-order valence-corrected chi connectivity index (χ3v) is 6.82. The number of non-ortho nitro benzene ring substituents is 1. The Hall–Kier alpha value is -3.36. The van der Waals surface area contributed by atoms with Crippen molar-refractivity contribution in [3.63, 3.8) is 0 Å². The van der Waals surface area contributed by atoms with Crippen LogP contribution >= 0.6 is 11.8 Å². The fourth-order valence-electron chi connectivity index (χ4n) is 3.04. The summed E-state index contributed by atoms with van der Waals surface area (Å²) in [6, 6.07) is 8.12. The summed E-state index contributed by atoms with van der Waals surface area (Å²) < 4.78 is 44.0. The molecule has 14 heteroatoms. The smallest absolute Gasteiger partial charge is 0.324 e. The van der Waals surface area contributed by atoms with Crippen LogP contribution in [-0.2, 0) is 24.3 Å². The Morgan fingerprint density at radius 2 is 1.91 bits per heavy atom. The molecular weight excluding hydrogens is 502 g/mol. The lowest BCUT2D eigenvalue weighted by Gasteiger charge is -2.20. The van der Waals surface area contributed by atoms with Crippen LogP contribution in [0.2, 0.25) is 0 Å². The van der Waals surface area contributed by atoms with Crippen LogP contribution in [0.5, 0.6) is 11.5 Å². The van der Waals surface area contributed by atoms with E-state index in [1.165, 1.54) is 48.2 Å². The van der Waals surface area contributed by atoms with Gasteiger partial charge < -0.3 is 19.5 Å². The number of esters is 1. The third kappa shape index (κ3) is 7.31. The number of nitro benzene ring substituents is 1. The first kappa shape index (κ1) is 26.2. The minimum absolute atomic E-state index is 0.118. The number of benzene rings is 2. The number of rotatable bonds is 11. The van der Waals surface area contributed by atoms with Crippen LogP contribution in [0.25, 0.3) is 0 Å². The zero-order valence-corrected chi connectivity index (χ0v) is 20.2. The number of hydrogen-bond acceptors (Lipinski definition) is 10. The lowest BCUT2D eigenvalue weighted by molar-refractivity contribution is -0.384. The third-order valence-electron chi connectivity index (χ3n) is 4.70. The predicted molar refractivity (Wildman–Crippen MR) is 127 cm³/mol. The highest BCUT2D eigenvalue weighted by molar-refractivity contribution is 7.98. The van der Waals surface area contributed by atoms with Gasteiger partial charge in [0.1, 0.15) is 19.3 Å². The number of ether oxygens (including phenoxy) is 3. The molecule has 0 saturated carbocycles. The number of amides is 1. The van der Waals surface area contributed by atoms with Gasteiger partial charge in [-0.3, -0.25) is 19.7 Å². The summed E-state index contributed by atoms with van der Waals surface area (Å²) in [6.07, 6.45) is 1.92. The molecule has 12 nitrogen and oxygen atoms in total. The van der Waals surface area contributed by atoms with Gasteiger partial charge in [0.25, 0.3) is 11.6 Å². The second-order valence-electron chi connectivity index (χ2n) is 7.22. The summed E-state index contributed by atoms with van der Waals surface area (Å²) in [5, 5.41) is 13.2. The number of anilines is 1. The quantitative estimate of drug-likeness (QED) is 0.252. The molecule has 0 aliphatic carbocycles. The van der Waals surface area contributed by atoms with E-state index in [0.717, 1.165) is 6.07 Å². The standard InChI is InChI=1S/C21H23N3O9S2/c1-34-10-7-17(23-35(29,30)16-5-6-18-19(12-16)32-9-8-31-18)21(26)33-13-20(25)22-14-3-2-4-15(11-14)24(27)28/h2-6,11-12,17,23H,7-10,13H2,1H3,(H,22,25)/t17-/m1/s1. The molecule has 0 spiro atoms. The molecule has 2 aromatic rings. The Kier molecular flexibility index (Phi) is 8.89. The van der Waals surface area contributed by atoms with Crippen molar-refractivity contribution in [3.8, 4) is 11.5 Å². The Morgan fingerprint density at radius 3 is 2.63 bits per heavy atom. The molecule has 2 N–H and O–H groups in total. The van der Waals surface area contributed by atoms with E-state index in [9.17, 15) is 28.1 Å². The average molecular weight is 526 g/mol. The van der Waals surface area contributed by atoms with E-state index < -0.39 is 39.5 Å². The van der Waals surface area contributed by atoms with Crippen molar-refractivity contribution in [2.75, 3.05) is 37.1 Å². The van der Waals surface area contributed by atoms with E-state index >= 15 is 0 Å². The Balaban J connectivity index is 1.64. The van der Waals surface area contributed by atoms with Gasteiger partial charge in [-0.2, -0.15) is 16.5 Å². The van der Waals surface area contributed by atoms with Crippen molar-refractivity contribution >= 4 is 45.0 Å². The number of hydrogen-bond donors (Lipinski definition) is 2. The summed E-state index contributed by atoms with van der Waals surface area (Å²) in [5.41, 5.74) is -0.0658. The van der Waals surface area contributed by atoms with Crippen LogP contribution in [0, 0.1) is 10.1 Å². The highest BCUT2D eigenvalue weighted by atomic mass is 32.2. The van der Waals surface area contributed by atoms with E-state index in [-0.39, 0.29) is 35.0 Å². The van der Waals surface area contributed by atoms with Crippen molar-refractivity contribution in [2.24, 2.45) is 0 Å². The molecule has 1 amide bonds. The molecule has 0 bridgehead atoms. The molecule has 1 heterocycles. The van der Waals surface area contributed by atoms with E-state index in [4.69, 9.17) is 14.2 Å². The van der Waals surface area contributed by atoms with Crippen molar-refractivity contribution in [2.45, 2.75) is 17.4 Å². The molecule has 0 saturated heterocycles. The number of nitrogens with zero attached hydrogens (tertiary/aromatic N) is 1. The fraction of sp³-hybridized carbons (Fsp3) is 0.333. The monoisotopic (exact) mass is 525 g/mol. The lowest BCUT2D eigenvalue weighted by Crippen LogP contribution is -2.43. The highest BCUT2D eigenvalue weighted by Crippen LogP contribution is 2.32. The van der Waals surface area contributed by atoms with Gasteiger partial charge in [0.05, 0.1) is 9.82 Å². The van der Waals surface area contributed by atoms with Gasteiger partial charge in [-0.05, 0) is 36.6 Å². The Morgan fingerprint density at radius 1 is 1.17 bits per heavy atom. The molecule has 1 atom stereocenters. The average Bonchev–Trinajstić information content (AvgIpc) is 2.84. The SMILES string of the molecule is CSCC[C@@H](NS(=O)(=O)c1ccc2c(c1)OCCO2)C(=O)OCC(=O)Nc1cccc([N+](=O)[O-])c1. The maximum atomic E-state index is 12.9. The Bertz CT molecular complexity index is 1200. The first-order valence-corrected chi connectivity index (χ1v) is 13.2. The van der Waals surface area contributed by atoms with Crippen molar-refractivity contribution in [3.05, 3.63) is 52.6 Å². The number of carbonyl (C=O) groups excluding carboxylic acids is 2. The van der Waals surface area contributed by atoms with Gasteiger partial charge >= 0.3 is 5.97 Å². The van der Waals surface area contributed by atoms with E-state index in [1.807, 2.05) is 0 Å². The number of thioether (sulfide) groups is 1. The second-order valence-corrected chi connectivity index (χ2v) is 9.92. The molecule has 188 valence electrons. The summed E-state index contributed by atoms with van der Waals surface area (Å²) in [7, 11) is -4.13. The van der Waals surface area contributed by atoms with Crippen LogP contribution in [0.3, 0.4) is 0 Å². The molecule has 2 aromatic carbocycles. The number of nitro groups is 1. The van der Waals surface area contributed by atoms with Crippen LogP contribution in [-0.4, -0.2) is 63.1 Å². The van der Waals surface area contributed by atoms with Crippen molar-refractivity contribution in [1.29, 1.82) is 0 Å². The number of sulfonamides is 1. The molecular formula is C21H23N3O9S2. The zero-order valence-electron chi connectivity index (χ0n) is 18.6. The summed E-state index contributed by atoms with van der Waals surface area (Å²) >= 11 is 1.40. The van der Waals surface area contributed by atoms with E-state index in [2.05, 4.69) is 10.0 Å². The normalized spacial score (nSPS) is 13.5. The summed E-state index contributed by atoms with van der Waals surface area (Å²) in [4.78, 5) is 34.9. The zero-order chi connectivity index (χ0) is 25.4. The predicted octanol–water partition coefficient (Wildman–Crippen LogP) is 1.95. The van der Waals surface area contributed by atoms with Crippen molar-refractivity contribution < 1.29 is 37.1 Å². The second kappa shape index (κ2) is 11.9. The number of nitrogens with one attached hydrogen (secondary N) is 2.